The van der Waals surface area contributed by atoms with Crippen LogP contribution in [0.15, 0.2) is 0 Å². The van der Waals surface area contributed by atoms with Crippen LogP contribution < -0.4 is 0 Å². The third kappa shape index (κ3) is 3.85. The van der Waals surface area contributed by atoms with E-state index in [1.165, 1.54) is 11.8 Å². The van der Waals surface area contributed by atoms with Crippen LogP contribution in [0.3, 0.4) is 0 Å². The fourth-order valence-corrected chi connectivity index (χ4v) is 2.51. The van der Waals surface area contributed by atoms with E-state index >= 15 is 0 Å². The molecule has 1 unspecified atom stereocenters. The summed E-state index contributed by atoms with van der Waals surface area (Å²) < 4.78 is 0. The Balaban J connectivity index is 2.60. The van der Waals surface area contributed by atoms with E-state index in [4.69, 9.17) is 5.11 Å². The van der Waals surface area contributed by atoms with Gasteiger partial charge in [0.15, 0.2) is 0 Å². The van der Waals surface area contributed by atoms with Crippen molar-refractivity contribution in [1.82, 2.24) is 9.80 Å². The van der Waals surface area contributed by atoms with Gasteiger partial charge in [0.05, 0.1) is 0 Å². The standard InChI is InChI=1S/C14H26N2O3/c1-10(12(17)18)15(4)13(19)16(5)11-6-8-14(2,3)9-7-11/h10-11H,6-9H2,1-5H3,(H,17,18). The SMILES string of the molecule is CC(C(=O)O)N(C)C(=O)N(C)C1CCC(C)(C)CC1. The Hall–Kier alpha value is -1.26. The minimum absolute atomic E-state index is 0.209. The Morgan fingerprint density at radius 2 is 1.68 bits per heavy atom. The van der Waals surface area contributed by atoms with Gasteiger partial charge in [-0.2, -0.15) is 0 Å². The first kappa shape index (κ1) is 15.8. The maximum atomic E-state index is 12.2. The Morgan fingerprint density at radius 3 is 2.11 bits per heavy atom. The average molecular weight is 270 g/mol. The van der Waals surface area contributed by atoms with Gasteiger partial charge in [0.25, 0.3) is 0 Å². The molecule has 1 saturated carbocycles. The largest absolute Gasteiger partial charge is 0.480 e. The van der Waals surface area contributed by atoms with Gasteiger partial charge in [-0.15, -0.1) is 0 Å². The van der Waals surface area contributed by atoms with Crippen molar-refractivity contribution in [3.05, 3.63) is 0 Å². The summed E-state index contributed by atoms with van der Waals surface area (Å²) in [6.07, 6.45) is 4.19. The smallest absolute Gasteiger partial charge is 0.326 e. The highest BCUT2D eigenvalue weighted by molar-refractivity contribution is 5.82. The van der Waals surface area contributed by atoms with Gasteiger partial charge in [-0.05, 0) is 38.0 Å². The summed E-state index contributed by atoms with van der Waals surface area (Å²) in [6, 6.07) is -0.779. The molecule has 0 radical (unpaired) electrons. The summed E-state index contributed by atoms with van der Waals surface area (Å²) in [5, 5.41) is 8.95. The average Bonchev–Trinajstić information content (AvgIpc) is 2.35. The topological polar surface area (TPSA) is 60.9 Å². The van der Waals surface area contributed by atoms with Crippen molar-refractivity contribution < 1.29 is 14.7 Å². The van der Waals surface area contributed by atoms with Crippen LogP contribution in [0.1, 0.15) is 46.5 Å². The fraction of sp³-hybridized carbons (Fsp3) is 0.857. The van der Waals surface area contributed by atoms with Crippen LogP contribution in [0.5, 0.6) is 0 Å². The maximum Gasteiger partial charge on any atom is 0.326 e. The highest BCUT2D eigenvalue weighted by Crippen LogP contribution is 2.36. The molecule has 5 nitrogen and oxygen atoms in total. The van der Waals surface area contributed by atoms with Gasteiger partial charge in [0, 0.05) is 20.1 Å². The van der Waals surface area contributed by atoms with E-state index in [0.717, 1.165) is 25.7 Å². The number of carbonyl (C=O) groups is 2. The number of carboxylic acid groups (broad SMARTS) is 1. The molecule has 1 rings (SSSR count). The van der Waals surface area contributed by atoms with Crippen LogP contribution in [-0.2, 0) is 4.79 Å². The number of amides is 2. The number of hydrogen-bond acceptors (Lipinski definition) is 2. The highest BCUT2D eigenvalue weighted by Gasteiger charge is 2.33. The predicted octanol–water partition coefficient (Wildman–Crippen LogP) is 2.41. The van der Waals surface area contributed by atoms with Gasteiger partial charge in [0.1, 0.15) is 6.04 Å². The van der Waals surface area contributed by atoms with E-state index in [-0.39, 0.29) is 12.1 Å². The Labute approximate surface area is 115 Å². The van der Waals surface area contributed by atoms with E-state index in [1.807, 2.05) is 0 Å². The van der Waals surface area contributed by atoms with Crippen LogP contribution in [-0.4, -0.2) is 53.1 Å². The summed E-state index contributed by atoms with van der Waals surface area (Å²) >= 11 is 0. The van der Waals surface area contributed by atoms with Gasteiger partial charge < -0.3 is 14.9 Å². The molecule has 1 aliphatic carbocycles. The molecule has 1 fully saturated rings. The molecule has 0 aromatic carbocycles. The van der Waals surface area contributed by atoms with Crippen molar-refractivity contribution >= 4 is 12.0 Å². The summed E-state index contributed by atoms with van der Waals surface area (Å²) in [6.45, 7) is 6.03. The molecule has 0 bridgehead atoms. The molecular weight excluding hydrogens is 244 g/mol. The number of rotatable bonds is 3. The predicted molar refractivity (Wildman–Crippen MR) is 74.1 cm³/mol. The summed E-state index contributed by atoms with van der Waals surface area (Å²) in [4.78, 5) is 26.2. The molecule has 0 aromatic rings. The molecule has 0 aromatic heterocycles. The van der Waals surface area contributed by atoms with Crippen molar-refractivity contribution in [3.8, 4) is 0 Å². The van der Waals surface area contributed by atoms with E-state index in [1.54, 1.807) is 19.0 Å². The van der Waals surface area contributed by atoms with Gasteiger partial charge in [-0.1, -0.05) is 13.8 Å². The lowest BCUT2D eigenvalue weighted by Crippen LogP contribution is -2.50. The van der Waals surface area contributed by atoms with Crippen LogP contribution in [0, 0.1) is 5.41 Å². The number of likely N-dealkylation sites (N-methyl/N-ethyl adjacent to an activating group) is 1. The monoisotopic (exact) mass is 270 g/mol. The highest BCUT2D eigenvalue weighted by atomic mass is 16.4. The molecule has 1 aliphatic rings. The molecule has 1 atom stereocenters. The molecule has 0 heterocycles. The van der Waals surface area contributed by atoms with Crippen LogP contribution in [0.2, 0.25) is 0 Å². The van der Waals surface area contributed by atoms with E-state index in [9.17, 15) is 9.59 Å². The first-order valence-corrected chi connectivity index (χ1v) is 6.88. The fourth-order valence-electron chi connectivity index (χ4n) is 2.51. The molecule has 110 valence electrons. The van der Waals surface area contributed by atoms with Gasteiger partial charge in [-0.25, -0.2) is 9.59 Å². The lowest BCUT2D eigenvalue weighted by atomic mass is 9.75. The molecule has 19 heavy (non-hydrogen) atoms. The van der Waals surface area contributed by atoms with E-state index in [0.29, 0.717) is 5.41 Å². The number of aliphatic carboxylic acids is 1. The minimum Gasteiger partial charge on any atom is -0.480 e. The molecular formula is C14H26N2O3. The molecule has 0 spiro atoms. The van der Waals surface area contributed by atoms with Crippen LogP contribution in [0.25, 0.3) is 0 Å². The van der Waals surface area contributed by atoms with Crippen molar-refractivity contribution in [1.29, 1.82) is 0 Å². The van der Waals surface area contributed by atoms with Gasteiger partial charge >= 0.3 is 12.0 Å². The molecule has 5 heteroatoms. The van der Waals surface area contributed by atoms with Crippen molar-refractivity contribution in [3.63, 3.8) is 0 Å². The molecule has 2 amide bonds. The zero-order chi connectivity index (χ0) is 14.8. The van der Waals surface area contributed by atoms with Crippen molar-refractivity contribution in [2.24, 2.45) is 5.41 Å². The van der Waals surface area contributed by atoms with Gasteiger partial charge in [-0.3, -0.25) is 0 Å². The Bertz CT molecular complexity index is 345. The third-order valence-corrected chi connectivity index (χ3v) is 4.40. The molecule has 0 aliphatic heterocycles. The minimum atomic E-state index is -0.978. The van der Waals surface area contributed by atoms with Crippen molar-refractivity contribution in [2.45, 2.75) is 58.5 Å². The second-order valence-electron chi connectivity index (χ2n) is 6.41. The zero-order valence-corrected chi connectivity index (χ0v) is 12.6. The lowest BCUT2D eigenvalue weighted by molar-refractivity contribution is -0.141. The van der Waals surface area contributed by atoms with Crippen molar-refractivity contribution in [2.75, 3.05) is 14.1 Å². The maximum absolute atomic E-state index is 12.2. The van der Waals surface area contributed by atoms with E-state index < -0.39 is 12.0 Å². The first-order valence-electron chi connectivity index (χ1n) is 6.88. The van der Waals surface area contributed by atoms with Gasteiger partial charge in [0.2, 0.25) is 0 Å². The molecule has 0 saturated heterocycles. The number of urea groups is 1. The molecule has 1 N–H and O–H groups in total. The number of carbonyl (C=O) groups excluding carboxylic acids is 1. The second-order valence-corrected chi connectivity index (χ2v) is 6.41. The number of hydrogen-bond donors (Lipinski definition) is 1. The van der Waals surface area contributed by atoms with Crippen LogP contribution in [0.4, 0.5) is 4.79 Å². The summed E-state index contributed by atoms with van der Waals surface area (Å²) in [5.41, 5.74) is 0.362. The zero-order valence-electron chi connectivity index (χ0n) is 12.6. The Morgan fingerprint density at radius 1 is 1.21 bits per heavy atom. The van der Waals surface area contributed by atoms with Crippen LogP contribution >= 0.6 is 0 Å². The Kier molecular flexibility index (Phi) is 4.82. The quantitative estimate of drug-likeness (QED) is 0.856. The van der Waals surface area contributed by atoms with E-state index in [2.05, 4.69) is 13.8 Å². The number of nitrogens with zero attached hydrogens (tertiary/aromatic N) is 2. The summed E-state index contributed by atoms with van der Waals surface area (Å²) in [7, 11) is 3.32. The number of carboxylic acids is 1. The third-order valence-electron chi connectivity index (χ3n) is 4.40. The summed E-state index contributed by atoms with van der Waals surface area (Å²) in [5.74, 6) is -0.978. The second kappa shape index (κ2) is 5.80. The lowest BCUT2D eigenvalue weighted by Gasteiger charge is -2.40. The first-order chi connectivity index (χ1) is 8.65. The normalized spacial score (nSPS) is 20.7.